The number of benzene rings is 2. The van der Waals surface area contributed by atoms with Crippen molar-refractivity contribution in [1.29, 1.82) is 5.26 Å². The lowest BCUT2D eigenvalue weighted by Gasteiger charge is -2.29. The van der Waals surface area contributed by atoms with Gasteiger partial charge in [-0.25, -0.2) is 4.79 Å². The van der Waals surface area contributed by atoms with Gasteiger partial charge in [0.2, 0.25) is 5.69 Å². The molecule has 0 bridgehead atoms. The second-order valence-electron chi connectivity index (χ2n) is 8.12. The molecule has 1 unspecified atom stereocenters. The third-order valence-electron chi connectivity index (χ3n) is 5.72. The Hall–Kier alpha value is -3.65. The fraction of sp³-hybridized carbons (Fsp3) is 0.292. The average Bonchev–Trinajstić information content (AvgIpc) is 2.85. The highest BCUT2D eigenvalue weighted by molar-refractivity contribution is 6.37. The number of nitriles is 1. The summed E-state index contributed by atoms with van der Waals surface area (Å²) in [4.78, 5) is 40.3. The lowest BCUT2D eigenvalue weighted by molar-refractivity contribution is -0.0106. The van der Waals surface area contributed by atoms with Gasteiger partial charge in [-0.1, -0.05) is 30.1 Å². The van der Waals surface area contributed by atoms with Crippen LogP contribution < -0.4 is 16.0 Å². The van der Waals surface area contributed by atoms with E-state index < -0.39 is 16.9 Å². The summed E-state index contributed by atoms with van der Waals surface area (Å²) in [5.74, 6) is 0.446. The Morgan fingerprint density at radius 3 is 2.58 bits per heavy atom. The summed E-state index contributed by atoms with van der Waals surface area (Å²) in [6.45, 7) is 4.75. The number of nitrogens with one attached hydrogen (secondary N) is 1. The van der Waals surface area contributed by atoms with Gasteiger partial charge in [-0.3, -0.25) is 14.6 Å². The van der Waals surface area contributed by atoms with E-state index in [-0.39, 0.29) is 40.2 Å². The van der Waals surface area contributed by atoms with Gasteiger partial charge in [-0.2, -0.15) is 9.94 Å². The molecule has 10 nitrogen and oxygen atoms in total. The minimum atomic E-state index is -0.895. The summed E-state index contributed by atoms with van der Waals surface area (Å²) in [5, 5.41) is 12.9. The molecule has 0 fully saturated rings. The first kappa shape index (κ1) is 25.4. The topological polar surface area (TPSA) is 130 Å². The number of hydrogen-bond donors (Lipinski definition) is 1. The van der Waals surface area contributed by atoms with Gasteiger partial charge in [0.1, 0.15) is 18.5 Å². The molecule has 12 heteroatoms. The van der Waals surface area contributed by atoms with E-state index in [2.05, 4.69) is 5.10 Å². The number of aromatic nitrogens is 3. The smallest absolute Gasteiger partial charge is 0.349 e. The fourth-order valence-corrected chi connectivity index (χ4v) is 4.12. The quantitative estimate of drug-likeness (QED) is 0.493. The zero-order valence-corrected chi connectivity index (χ0v) is 20.9. The largest absolute Gasteiger partial charge is 0.454 e. The number of ether oxygens (including phenoxy) is 2. The Bertz CT molecular complexity index is 1470. The number of aromatic amines is 1. The van der Waals surface area contributed by atoms with Crippen LogP contribution in [0, 0.1) is 11.3 Å². The number of amides is 1. The Balaban J connectivity index is 1.57. The van der Waals surface area contributed by atoms with Crippen molar-refractivity contribution in [2.24, 2.45) is 0 Å². The maximum Gasteiger partial charge on any atom is 0.349 e. The Morgan fingerprint density at radius 1 is 1.19 bits per heavy atom. The second-order valence-corrected chi connectivity index (χ2v) is 8.94. The summed E-state index contributed by atoms with van der Waals surface area (Å²) in [6.07, 6.45) is 1.57. The van der Waals surface area contributed by atoms with Gasteiger partial charge in [-0.05, 0) is 55.7 Å². The number of fused-ring (bicyclic) bond motifs is 1. The van der Waals surface area contributed by atoms with Crippen LogP contribution in [0.2, 0.25) is 10.0 Å². The van der Waals surface area contributed by atoms with E-state index in [1.807, 2.05) is 18.8 Å². The number of halogens is 2. The molecule has 36 heavy (non-hydrogen) atoms. The number of rotatable bonds is 7. The van der Waals surface area contributed by atoms with Crippen LogP contribution in [0.4, 0.5) is 0 Å². The Morgan fingerprint density at radius 2 is 1.92 bits per heavy atom. The highest BCUT2D eigenvalue weighted by atomic mass is 35.5. The molecule has 186 valence electrons. The van der Waals surface area contributed by atoms with E-state index in [1.54, 1.807) is 29.2 Å². The lowest BCUT2D eigenvalue weighted by Crippen LogP contribution is -2.39. The predicted octanol–water partition coefficient (Wildman–Crippen LogP) is 3.66. The molecule has 0 saturated heterocycles. The van der Waals surface area contributed by atoms with Gasteiger partial charge < -0.3 is 14.4 Å². The lowest BCUT2D eigenvalue weighted by atomic mass is 9.99. The van der Waals surface area contributed by atoms with Crippen molar-refractivity contribution in [3.63, 3.8) is 0 Å². The van der Waals surface area contributed by atoms with Gasteiger partial charge in [0.15, 0.2) is 5.75 Å². The van der Waals surface area contributed by atoms with Crippen molar-refractivity contribution in [2.45, 2.75) is 32.8 Å². The van der Waals surface area contributed by atoms with Gasteiger partial charge in [0.05, 0.1) is 21.8 Å². The molecule has 0 radical (unpaired) electrons. The molecule has 2 aromatic carbocycles. The first-order valence-electron chi connectivity index (χ1n) is 11.1. The van der Waals surface area contributed by atoms with Crippen LogP contribution in [0.5, 0.6) is 11.5 Å². The number of hydrogen-bond acceptors (Lipinski definition) is 7. The molecule has 4 rings (SSSR count). The second kappa shape index (κ2) is 10.5. The molecule has 2 heterocycles. The van der Waals surface area contributed by atoms with Crippen LogP contribution in [0.15, 0.2) is 39.9 Å². The van der Waals surface area contributed by atoms with Crippen LogP contribution in [0.25, 0.3) is 5.69 Å². The summed E-state index contributed by atoms with van der Waals surface area (Å²) < 4.78 is 12.4. The molecule has 1 aliphatic heterocycles. The van der Waals surface area contributed by atoms with Gasteiger partial charge in [-0.15, -0.1) is 5.10 Å². The van der Waals surface area contributed by atoms with Crippen molar-refractivity contribution in [3.8, 4) is 23.3 Å². The van der Waals surface area contributed by atoms with Crippen LogP contribution in [0.3, 0.4) is 0 Å². The van der Waals surface area contributed by atoms with Gasteiger partial charge in [0, 0.05) is 12.1 Å². The first-order chi connectivity index (χ1) is 17.2. The summed E-state index contributed by atoms with van der Waals surface area (Å²) >= 11 is 12.8. The molecule has 1 N–H and O–H groups in total. The summed E-state index contributed by atoms with van der Waals surface area (Å²) in [7, 11) is 0. The fourth-order valence-electron chi connectivity index (χ4n) is 3.57. The molecule has 0 saturated carbocycles. The molecular formula is C24H21Cl2N5O5. The molecule has 3 aromatic rings. The Kier molecular flexibility index (Phi) is 7.45. The normalized spacial score (nSPS) is 13.8. The molecule has 1 aromatic heterocycles. The van der Waals surface area contributed by atoms with Crippen molar-refractivity contribution in [3.05, 3.63) is 78.0 Å². The molecule has 1 aliphatic rings. The van der Waals surface area contributed by atoms with E-state index in [4.69, 9.17) is 37.9 Å². The van der Waals surface area contributed by atoms with E-state index in [1.165, 1.54) is 12.1 Å². The number of carbonyl (C=O) groups is 1. The standard InChI is InChI=1S/C24H21Cl2N5O5/c1-3-13(2)35-12-30-7-6-14-8-16(4-5-17(14)23(30)33)36-21-18(25)9-15(10-19(21)26)31-24(34)28-22(32)20(11-27)29-31/h4-5,8-10,13H,3,6-7,12H2,1-2H3,(H,28,32,34). The van der Waals surface area contributed by atoms with Crippen molar-refractivity contribution in [1.82, 2.24) is 19.7 Å². The first-order valence-corrected chi connectivity index (χ1v) is 11.8. The van der Waals surface area contributed by atoms with Crippen LogP contribution >= 0.6 is 23.2 Å². The zero-order valence-electron chi connectivity index (χ0n) is 19.4. The molecule has 0 aliphatic carbocycles. The highest BCUT2D eigenvalue weighted by Gasteiger charge is 2.25. The summed E-state index contributed by atoms with van der Waals surface area (Å²) in [5.41, 5.74) is -0.711. The monoisotopic (exact) mass is 529 g/mol. The van der Waals surface area contributed by atoms with Gasteiger partial charge in [0.25, 0.3) is 11.5 Å². The van der Waals surface area contributed by atoms with Gasteiger partial charge >= 0.3 is 5.69 Å². The van der Waals surface area contributed by atoms with Crippen molar-refractivity contribution in [2.75, 3.05) is 13.3 Å². The number of carbonyl (C=O) groups excluding carboxylic acids is 1. The zero-order chi connectivity index (χ0) is 26.0. The minimum Gasteiger partial charge on any atom is -0.454 e. The minimum absolute atomic E-state index is 0.0677. The highest BCUT2D eigenvalue weighted by Crippen LogP contribution is 2.38. The van der Waals surface area contributed by atoms with E-state index in [0.29, 0.717) is 24.3 Å². The number of H-pyrrole nitrogens is 1. The average molecular weight is 530 g/mol. The van der Waals surface area contributed by atoms with E-state index >= 15 is 0 Å². The summed E-state index contributed by atoms with van der Waals surface area (Å²) in [6, 6.07) is 9.44. The molecule has 1 atom stereocenters. The number of nitrogens with zero attached hydrogens (tertiary/aromatic N) is 4. The van der Waals surface area contributed by atoms with Crippen molar-refractivity contribution < 1.29 is 14.3 Å². The maximum atomic E-state index is 12.8. The third kappa shape index (κ3) is 5.14. The molecular weight excluding hydrogens is 509 g/mol. The molecule has 0 spiro atoms. The SMILES string of the molecule is CCC(C)OCN1CCc2cc(Oc3c(Cl)cc(-n4nc(C#N)c(=O)[nH]c4=O)cc3Cl)ccc2C1=O. The maximum absolute atomic E-state index is 12.8. The third-order valence-corrected chi connectivity index (χ3v) is 6.28. The van der Waals surface area contributed by atoms with Crippen LogP contribution in [-0.4, -0.2) is 45.0 Å². The Labute approximate surface area is 215 Å². The van der Waals surface area contributed by atoms with E-state index in [0.717, 1.165) is 16.7 Å². The predicted molar refractivity (Wildman–Crippen MR) is 132 cm³/mol. The van der Waals surface area contributed by atoms with Crippen LogP contribution in [0.1, 0.15) is 41.9 Å². The van der Waals surface area contributed by atoms with Crippen molar-refractivity contribution >= 4 is 29.1 Å². The van der Waals surface area contributed by atoms with E-state index in [9.17, 15) is 14.4 Å². The van der Waals surface area contributed by atoms with Crippen LogP contribution in [-0.2, 0) is 11.2 Å². The molecule has 1 amide bonds.